The average molecular weight is 180 g/mol. The zero-order valence-corrected chi connectivity index (χ0v) is 6.92. The molecule has 11 heavy (non-hydrogen) atoms. The summed E-state index contributed by atoms with van der Waals surface area (Å²) in [6.07, 6.45) is -0.396. The molecule has 1 saturated heterocycles. The van der Waals surface area contributed by atoms with Gasteiger partial charge in [0.15, 0.2) is 9.84 Å². The first-order valence-electron chi connectivity index (χ1n) is 3.54. The highest BCUT2D eigenvalue weighted by Gasteiger charge is 2.35. The Hall–Kier alpha value is -0.130. The highest BCUT2D eigenvalue weighted by atomic mass is 32.2. The molecule has 1 aliphatic heterocycles. The second kappa shape index (κ2) is 3.08. The van der Waals surface area contributed by atoms with Gasteiger partial charge in [-0.1, -0.05) is 0 Å². The van der Waals surface area contributed by atoms with Gasteiger partial charge in [-0.2, -0.15) is 0 Å². The molecule has 0 radical (unpaired) electrons. The Bertz CT molecular complexity index is 221. The lowest BCUT2D eigenvalue weighted by Crippen LogP contribution is -2.18. The minimum Gasteiger partial charge on any atom is -0.396 e. The normalized spacial score (nSPS) is 35.8. The van der Waals surface area contributed by atoms with Crippen LogP contribution in [0.3, 0.4) is 0 Å². The van der Waals surface area contributed by atoms with Crippen LogP contribution in [0.4, 0.5) is 0 Å². The van der Waals surface area contributed by atoms with E-state index >= 15 is 0 Å². The summed E-state index contributed by atoms with van der Waals surface area (Å²) in [5.74, 6) is -0.378. The summed E-state index contributed by atoms with van der Waals surface area (Å²) in [6.45, 7) is -0.0583. The fourth-order valence-electron chi connectivity index (χ4n) is 1.34. The largest absolute Gasteiger partial charge is 0.396 e. The molecule has 0 aromatic carbocycles. The molecule has 5 heteroatoms. The van der Waals surface area contributed by atoms with Crippen molar-refractivity contribution >= 4 is 9.84 Å². The lowest BCUT2D eigenvalue weighted by atomic mass is 10.0. The molecule has 4 nitrogen and oxygen atoms in total. The maximum absolute atomic E-state index is 10.9. The second-order valence-corrected chi connectivity index (χ2v) is 5.07. The van der Waals surface area contributed by atoms with Crippen LogP contribution in [0.15, 0.2) is 0 Å². The molecule has 1 aliphatic rings. The average Bonchev–Trinajstić information content (AvgIpc) is 2.07. The van der Waals surface area contributed by atoms with E-state index in [1.165, 1.54) is 0 Å². The molecule has 0 saturated carbocycles. The molecule has 0 aromatic heterocycles. The molecule has 2 atom stereocenters. The molecule has 0 aromatic rings. The van der Waals surface area contributed by atoms with Crippen LogP contribution >= 0.6 is 0 Å². The molecule has 0 amide bonds. The van der Waals surface area contributed by atoms with Crippen molar-refractivity contribution in [1.29, 1.82) is 0 Å². The van der Waals surface area contributed by atoms with Crippen LogP contribution in [-0.4, -0.2) is 42.8 Å². The minimum atomic E-state index is -3.03. The van der Waals surface area contributed by atoms with Crippen molar-refractivity contribution in [2.24, 2.45) is 5.92 Å². The van der Waals surface area contributed by atoms with Gasteiger partial charge in [0.05, 0.1) is 17.6 Å². The highest BCUT2D eigenvalue weighted by Crippen LogP contribution is 2.21. The summed E-state index contributed by atoms with van der Waals surface area (Å²) in [4.78, 5) is 0. The smallest absolute Gasteiger partial charge is 0.153 e. The van der Waals surface area contributed by atoms with E-state index in [1.807, 2.05) is 0 Å². The molecule has 2 unspecified atom stereocenters. The van der Waals surface area contributed by atoms with Gasteiger partial charge in [-0.3, -0.25) is 0 Å². The van der Waals surface area contributed by atoms with Crippen LogP contribution in [0.1, 0.15) is 6.42 Å². The lowest BCUT2D eigenvalue weighted by Gasteiger charge is -2.08. The van der Waals surface area contributed by atoms with E-state index in [1.54, 1.807) is 0 Å². The molecular weight excluding hydrogens is 168 g/mol. The second-order valence-electron chi connectivity index (χ2n) is 2.92. The molecule has 1 heterocycles. The first-order chi connectivity index (χ1) is 5.05. The van der Waals surface area contributed by atoms with Crippen molar-refractivity contribution in [2.75, 3.05) is 18.1 Å². The summed E-state index contributed by atoms with van der Waals surface area (Å²) < 4.78 is 21.8. The number of hydrogen-bond donors (Lipinski definition) is 2. The number of hydrogen-bond acceptors (Lipinski definition) is 4. The minimum absolute atomic E-state index is 0.0225. The van der Waals surface area contributed by atoms with E-state index in [0.717, 1.165) is 0 Å². The van der Waals surface area contributed by atoms with Crippen molar-refractivity contribution in [3.8, 4) is 0 Å². The van der Waals surface area contributed by atoms with E-state index in [9.17, 15) is 8.42 Å². The molecule has 2 N–H and O–H groups in total. The first kappa shape index (κ1) is 8.96. The van der Waals surface area contributed by atoms with E-state index in [4.69, 9.17) is 10.2 Å². The predicted octanol–water partition coefficient (Wildman–Crippen LogP) is -1.23. The number of sulfone groups is 1. The van der Waals surface area contributed by atoms with Crippen LogP contribution in [0.5, 0.6) is 0 Å². The fourth-order valence-corrected chi connectivity index (χ4v) is 3.31. The number of rotatable bonds is 2. The summed E-state index contributed by atoms with van der Waals surface area (Å²) in [6, 6.07) is 0. The Balaban J connectivity index is 2.59. The van der Waals surface area contributed by atoms with E-state index < -0.39 is 15.9 Å². The SMILES string of the molecule is O=S1(=O)CC(O)C(CCO)C1. The Morgan fingerprint density at radius 2 is 2.00 bits per heavy atom. The summed E-state index contributed by atoms with van der Waals surface area (Å²) in [7, 11) is -3.03. The van der Waals surface area contributed by atoms with Crippen molar-refractivity contribution in [2.45, 2.75) is 12.5 Å². The molecule has 66 valence electrons. The Morgan fingerprint density at radius 1 is 1.36 bits per heavy atom. The van der Waals surface area contributed by atoms with Gasteiger partial charge in [0, 0.05) is 12.5 Å². The maximum Gasteiger partial charge on any atom is 0.153 e. The Morgan fingerprint density at radius 3 is 2.36 bits per heavy atom. The maximum atomic E-state index is 10.9. The third-order valence-electron chi connectivity index (χ3n) is 1.94. The van der Waals surface area contributed by atoms with Gasteiger partial charge in [-0.25, -0.2) is 8.42 Å². The van der Waals surface area contributed by atoms with Gasteiger partial charge in [0.25, 0.3) is 0 Å². The molecule has 0 bridgehead atoms. The topological polar surface area (TPSA) is 74.6 Å². The fraction of sp³-hybridized carbons (Fsp3) is 1.00. The molecule has 1 rings (SSSR count). The zero-order valence-electron chi connectivity index (χ0n) is 6.10. The first-order valence-corrected chi connectivity index (χ1v) is 5.36. The lowest BCUT2D eigenvalue weighted by molar-refractivity contribution is 0.128. The van der Waals surface area contributed by atoms with Crippen molar-refractivity contribution in [1.82, 2.24) is 0 Å². The number of aliphatic hydroxyl groups excluding tert-OH is 2. The van der Waals surface area contributed by atoms with E-state index in [0.29, 0.717) is 6.42 Å². The van der Waals surface area contributed by atoms with Crippen LogP contribution < -0.4 is 0 Å². The van der Waals surface area contributed by atoms with Gasteiger partial charge in [-0.15, -0.1) is 0 Å². The van der Waals surface area contributed by atoms with Gasteiger partial charge in [-0.05, 0) is 6.42 Å². The van der Waals surface area contributed by atoms with Crippen molar-refractivity contribution in [3.63, 3.8) is 0 Å². The van der Waals surface area contributed by atoms with Crippen LogP contribution in [0.2, 0.25) is 0 Å². The number of aliphatic hydroxyl groups is 2. The predicted molar refractivity (Wildman–Crippen MR) is 39.9 cm³/mol. The van der Waals surface area contributed by atoms with Crippen molar-refractivity contribution in [3.05, 3.63) is 0 Å². The van der Waals surface area contributed by atoms with Crippen molar-refractivity contribution < 1.29 is 18.6 Å². The van der Waals surface area contributed by atoms with Gasteiger partial charge in [0.2, 0.25) is 0 Å². The highest BCUT2D eigenvalue weighted by molar-refractivity contribution is 7.91. The standard InChI is InChI=1S/C6H12O4S/c7-2-1-5-3-11(9,10)4-6(5)8/h5-8H,1-4H2. The van der Waals surface area contributed by atoms with Crippen LogP contribution in [0.25, 0.3) is 0 Å². The third-order valence-corrected chi connectivity index (χ3v) is 3.72. The molecule has 1 fully saturated rings. The van der Waals surface area contributed by atoms with Crippen LogP contribution in [-0.2, 0) is 9.84 Å². The molecular formula is C6H12O4S. The van der Waals surface area contributed by atoms with Gasteiger partial charge >= 0.3 is 0 Å². The van der Waals surface area contributed by atoms with Gasteiger partial charge < -0.3 is 10.2 Å². The third kappa shape index (κ3) is 2.15. The molecule has 0 aliphatic carbocycles. The summed E-state index contributed by atoms with van der Waals surface area (Å²) >= 11 is 0. The van der Waals surface area contributed by atoms with E-state index in [-0.39, 0.29) is 24.0 Å². The summed E-state index contributed by atoms with van der Waals surface area (Å²) in [5.41, 5.74) is 0. The Kier molecular flexibility index (Phi) is 2.51. The van der Waals surface area contributed by atoms with Gasteiger partial charge in [0.1, 0.15) is 0 Å². The quantitative estimate of drug-likeness (QED) is 0.558. The van der Waals surface area contributed by atoms with Crippen LogP contribution in [0, 0.1) is 5.92 Å². The zero-order chi connectivity index (χ0) is 8.48. The summed E-state index contributed by atoms with van der Waals surface area (Å²) in [5, 5.41) is 17.7. The Labute approximate surface area is 65.8 Å². The molecule has 0 spiro atoms. The monoisotopic (exact) mass is 180 g/mol. The van der Waals surface area contributed by atoms with E-state index in [2.05, 4.69) is 0 Å².